The van der Waals surface area contributed by atoms with Crippen molar-refractivity contribution in [2.45, 2.75) is 45.7 Å². The van der Waals surface area contributed by atoms with Crippen molar-refractivity contribution in [2.24, 2.45) is 11.7 Å². The number of rotatable bonds is 6. The standard InChI is InChI=1S/C19H29N3O2/c1-15(20)18-9-6-11-22(14-18)19(24)10-12-21(16(2)23)13-17-7-4-3-5-8-17/h3-5,7-8,15,18H,6,9-14,20H2,1-2H3. The van der Waals surface area contributed by atoms with Crippen LogP contribution in [0.4, 0.5) is 0 Å². The van der Waals surface area contributed by atoms with Crippen LogP contribution in [-0.4, -0.2) is 47.3 Å². The van der Waals surface area contributed by atoms with Crippen molar-refractivity contribution in [2.75, 3.05) is 19.6 Å². The molecule has 0 aliphatic carbocycles. The van der Waals surface area contributed by atoms with E-state index in [-0.39, 0.29) is 17.9 Å². The van der Waals surface area contributed by atoms with Crippen LogP contribution < -0.4 is 5.73 Å². The number of benzene rings is 1. The van der Waals surface area contributed by atoms with Crippen molar-refractivity contribution in [3.05, 3.63) is 35.9 Å². The first-order valence-corrected chi connectivity index (χ1v) is 8.80. The highest BCUT2D eigenvalue weighted by Crippen LogP contribution is 2.19. The van der Waals surface area contributed by atoms with E-state index < -0.39 is 0 Å². The van der Waals surface area contributed by atoms with E-state index in [2.05, 4.69) is 0 Å². The molecule has 2 rings (SSSR count). The third-order valence-electron chi connectivity index (χ3n) is 4.81. The second-order valence-corrected chi connectivity index (χ2v) is 6.78. The largest absolute Gasteiger partial charge is 0.342 e. The summed E-state index contributed by atoms with van der Waals surface area (Å²) in [6, 6.07) is 9.98. The third kappa shape index (κ3) is 5.34. The molecule has 2 unspecified atom stereocenters. The van der Waals surface area contributed by atoms with Gasteiger partial charge in [0.25, 0.3) is 0 Å². The molecular weight excluding hydrogens is 302 g/mol. The van der Waals surface area contributed by atoms with Crippen LogP contribution in [0.15, 0.2) is 30.3 Å². The van der Waals surface area contributed by atoms with E-state index in [0.29, 0.717) is 25.4 Å². The molecule has 0 saturated carbocycles. The Hall–Kier alpha value is -1.88. The quantitative estimate of drug-likeness (QED) is 0.867. The minimum absolute atomic E-state index is 0.00115. The zero-order valence-corrected chi connectivity index (χ0v) is 14.8. The lowest BCUT2D eigenvalue weighted by Crippen LogP contribution is -2.45. The van der Waals surface area contributed by atoms with E-state index in [9.17, 15) is 9.59 Å². The molecule has 1 aromatic rings. The lowest BCUT2D eigenvalue weighted by atomic mass is 9.92. The molecule has 0 aromatic heterocycles. The molecular formula is C19H29N3O2. The highest BCUT2D eigenvalue weighted by molar-refractivity contribution is 5.78. The summed E-state index contributed by atoms with van der Waals surface area (Å²) >= 11 is 0. The normalized spacial score (nSPS) is 19.0. The van der Waals surface area contributed by atoms with Gasteiger partial charge in [-0.25, -0.2) is 0 Å². The zero-order chi connectivity index (χ0) is 17.5. The van der Waals surface area contributed by atoms with Crippen LogP contribution in [0.5, 0.6) is 0 Å². The molecule has 1 fully saturated rings. The summed E-state index contributed by atoms with van der Waals surface area (Å²) in [5.41, 5.74) is 7.07. The lowest BCUT2D eigenvalue weighted by molar-refractivity contribution is -0.135. The smallest absolute Gasteiger partial charge is 0.224 e. The lowest BCUT2D eigenvalue weighted by Gasteiger charge is -2.35. The van der Waals surface area contributed by atoms with Crippen LogP contribution in [0, 0.1) is 5.92 Å². The van der Waals surface area contributed by atoms with Crippen molar-refractivity contribution in [1.29, 1.82) is 0 Å². The Labute approximate surface area is 144 Å². The van der Waals surface area contributed by atoms with Crippen LogP contribution in [0.2, 0.25) is 0 Å². The number of nitrogens with zero attached hydrogens (tertiary/aromatic N) is 2. The maximum absolute atomic E-state index is 12.5. The van der Waals surface area contributed by atoms with Gasteiger partial charge in [-0.3, -0.25) is 9.59 Å². The fourth-order valence-corrected chi connectivity index (χ4v) is 3.21. The van der Waals surface area contributed by atoms with Crippen LogP contribution in [0.3, 0.4) is 0 Å². The Morgan fingerprint density at radius 3 is 2.67 bits per heavy atom. The van der Waals surface area contributed by atoms with Gasteiger partial charge in [0, 0.05) is 45.6 Å². The predicted octanol–water partition coefficient (Wildman–Crippen LogP) is 2.01. The first kappa shape index (κ1) is 18.5. The van der Waals surface area contributed by atoms with Gasteiger partial charge in [-0.15, -0.1) is 0 Å². The van der Waals surface area contributed by atoms with E-state index >= 15 is 0 Å². The van der Waals surface area contributed by atoms with E-state index in [1.807, 2.05) is 42.2 Å². The molecule has 2 amide bonds. The number of carbonyl (C=O) groups is 2. The van der Waals surface area contributed by atoms with Crippen molar-refractivity contribution >= 4 is 11.8 Å². The van der Waals surface area contributed by atoms with Gasteiger partial charge in [0.15, 0.2) is 0 Å². The van der Waals surface area contributed by atoms with Gasteiger partial charge in [-0.2, -0.15) is 0 Å². The topological polar surface area (TPSA) is 66.6 Å². The van der Waals surface area contributed by atoms with Gasteiger partial charge in [0.1, 0.15) is 0 Å². The molecule has 1 heterocycles. The Balaban J connectivity index is 1.87. The molecule has 5 heteroatoms. The summed E-state index contributed by atoms with van der Waals surface area (Å²) in [4.78, 5) is 28.0. The molecule has 5 nitrogen and oxygen atoms in total. The molecule has 2 atom stereocenters. The Morgan fingerprint density at radius 1 is 1.33 bits per heavy atom. The fraction of sp³-hybridized carbons (Fsp3) is 0.579. The number of nitrogens with two attached hydrogens (primary N) is 1. The first-order chi connectivity index (χ1) is 11.5. The van der Waals surface area contributed by atoms with Crippen molar-refractivity contribution in [3.63, 3.8) is 0 Å². The minimum Gasteiger partial charge on any atom is -0.342 e. The van der Waals surface area contributed by atoms with Crippen molar-refractivity contribution < 1.29 is 9.59 Å². The predicted molar refractivity (Wildman–Crippen MR) is 95.1 cm³/mol. The number of hydrogen-bond acceptors (Lipinski definition) is 3. The van der Waals surface area contributed by atoms with E-state index in [4.69, 9.17) is 5.73 Å². The van der Waals surface area contributed by atoms with Gasteiger partial charge in [0.05, 0.1) is 0 Å². The molecule has 1 aliphatic rings. The van der Waals surface area contributed by atoms with Gasteiger partial charge in [-0.05, 0) is 31.2 Å². The highest BCUT2D eigenvalue weighted by Gasteiger charge is 2.26. The summed E-state index contributed by atoms with van der Waals surface area (Å²) in [5.74, 6) is 0.509. The molecule has 132 valence electrons. The van der Waals surface area contributed by atoms with Gasteiger partial charge in [-0.1, -0.05) is 30.3 Å². The van der Waals surface area contributed by atoms with Crippen molar-refractivity contribution in [1.82, 2.24) is 9.80 Å². The summed E-state index contributed by atoms with van der Waals surface area (Å²) in [6.07, 6.45) is 2.48. The number of carbonyl (C=O) groups excluding carboxylic acids is 2. The Morgan fingerprint density at radius 2 is 2.04 bits per heavy atom. The van der Waals surface area contributed by atoms with Crippen LogP contribution in [-0.2, 0) is 16.1 Å². The molecule has 1 aromatic carbocycles. The van der Waals surface area contributed by atoms with Gasteiger partial charge < -0.3 is 15.5 Å². The van der Waals surface area contributed by atoms with Gasteiger partial charge in [0.2, 0.25) is 11.8 Å². The number of likely N-dealkylation sites (tertiary alicyclic amines) is 1. The molecule has 1 aliphatic heterocycles. The Kier molecular flexibility index (Phi) is 6.79. The van der Waals surface area contributed by atoms with Crippen LogP contribution >= 0.6 is 0 Å². The highest BCUT2D eigenvalue weighted by atomic mass is 16.2. The summed E-state index contributed by atoms with van der Waals surface area (Å²) in [6.45, 7) is 6.13. The maximum Gasteiger partial charge on any atom is 0.224 e. The summed E-state index contributed by atoms with van der Waals surface area (Å²) < 4.78 is 0. The average molecular weight is 331 g/mol. The first-order valence-electron chi connectivity index (χ1n) is 8.80. The SMILES string of the molecule is CC(=O)N(CCC(=O)N1CCCC(C(C)N)C1)Cc1ccccc1. The minimum atomic E-state index is -0.00115. The van der Waals surface area contributed by atoms with E-state index in [0.717, 1.165) is 31.5 Å². The third-order valence-corrected chi connectivity index (χ3v) is 4.81. The number of piperidine rings is 1. The maximum atomic E-state index is 12.5. The summed E-state index contributed by atoms with van der Waals surface area (Å²) in [5, 5.41) is 0. The number of hydrogen-bond donors (Lipinski definition) is 1. The van der Waals surface area contributed by atoms with E-state index in [1.54, 1.807) is 11.8 Å². The molecule has 0 spiro atoms. The monoisotopic (exact) mass is 331 g/mol. The molecule has 0 bridgehead atoms. The Bertz CT molecular complexity index is 545. The van der Waals surface area contributed by atoms with Gasteiger partial charge >= 0.3 is 0 Å². The van der Waals surface area contributed by atoms with E-state index in [1.165, 1.54) is 0 Å². The zero-order valence-electron chi connectivity index (χ0n) is 14.8. The molecule has 0 radical (unpaired) electrons. The van der Waals surface area contributed by atoms with Crippen LogP contribution in [0.1, 0.15) is 38.7 Å². The molecule has 24 heavy (non-hydrogen) atoms. The van der Waals surface area contributed by atoms with Crippen LogP contribution in [0.25, 0.3) is 0 Å². The summed E-state index contributed by atoms with van der Waals surface area (Å²) in [7, 11) is 0. The van der Waals surface area contributed by atoms with Crippen molar-refractivity contribution in [3.8, 4) is 0 Å². The number of amides is 2. The second kappa shape index (κ2) is 8.83. The molecule has 1 saturated heterocycles. The fourth-order valence-electron chi connectivity index (χ4n) is 3.21. The average Bonchev–Trinajstić information content (AvgIpc) is 2.59. The molecule has 2 N–H and O–H groups in total. The second-order valence-electron chi connectivity index (χ2n) is 6.78.